The van der Waals surface area contributed by atoms with Crippen molar-refractivity contribution < 1.29 is 27.4 Å². The average Bonchev–Trinajstić information content (AvgIpc) is 3.04. The lowest BCUT2D eigenvalue weighted by molar-refractivity contribution is 0.0946. The van der Waals surface area contributed by atoms with Gasteiger partial charge in [0.25, 0.3) is 5.91 Å². The lowest BCUT2D eigenvalue weighted by Crippen LogP contribution is -2.28. The van der Waals surface area contributed by atoms with Gasteiger partial charge in [-0.05, 0) is 44.2 Å². The summed E-state index contributed by atoms with van der Waals surface area (Å²) in [6, 6.07) is 11.7. The van der Waals surface area contributed by atoms with E-state index in [0.29, 0.717) is 17.9 Å². The molecule has 0 fully saturated rings. The van der Waals surface area contributed by atoms with E-state index >= 15 is 0 Å². The highest BCUT2D eigenvalue weighted by molar-refractivity contribution is 7.91. The molecular weight excluding hydrogens is 406 g/mol. The van der Waals surface area contributed by atoms with Crippen molar-refractivity contribution in [3.05, 3.63) is 53.6 Å². The van der Waals surface area contributed by atoms with E-state index < -0.39 is 9.84 Å². The minimum atomic E-state index is -3.42. The van der Waals surface area contributed by atoms with Crippen LogP contribution >= 0.6 is 0 Å². The van der Waals surface area contributed by atoms with Crippen LogP contribution < -0.4 is 14.8 Å². The Labute approximate surface area is 177 Å². The molecule has 0 atom stereocenters. The summed E-state index contributed by atoms with van der Waals surface area (Å²) in [6.45, 7) is 4.78. The Morgan fingerprint density at radius 2 is 1.87 bits per heavy atom. The summed E-state index contributed by atoms with van der Waals surface area (Å²) in [5.74, 6) is 1.03. The highest BCUT2D eigenvalue weighted by Gasteiger charge is 2.32. The van der Waals surface area contributed by atoms with Crippen LogP contribution in [0.1, 0.15) is 29.8 Å². The van der Waals surface area contributed by atoms with Gasteiger partial charge in [0.15, 0.2) is 21.3 Å². The molecule has 3 rings (SSSR count). The van der Waals surface area contributed by atoms with E-state index in [-0.39, 0.29) is 35.4 Å². The Balaban J connectivity index is 1.51. The molecule has 1 heterocycles. The van der Waals surface area contributed by atoms with Gasteiger partial charge in [0.1, 0.15) is 12.2 Å². The average molecular weight is 434 g/mol. The fourth-order valence-corrected chi connectivity index (χ4v) is 4.43. The number of carbonyl (C=O) groups is 1. The fourth-order valence-electron chi connectivity index (χ4n) is 3.25. The van der Waals surface area contributed by atoms with Crippen LogP contribution in [0.3, 0.4) is 0 Å². The van der Waals surface area contributed by atoms with E-state index in [1.165, 1.54) is 31.4 Å². The maximum absolute atomic E-state index is 12.3. The molecule has 1 aliphatic rings. The van der Waals surface area contributed by atoms with Crippen molar-refractivity contribution >= 4 is 15.7 Å². The first-order valence-electron chi connectivity index (χ1n) is 9.75. The number of rotatable bonds is 9. The van der Waals surface area contributed by atoms with E-state index in [1.807, 2.05) is 32.0 Å². The molecule has 0 saturated carbocycles. The van der Waals surface area contributed by atoms with Crippen molar-refractivity contribution in [2.24, 2.45) is 0 Å². The number of para-hydroxylation sites is 1. The number of hydrogen-bond donors (Lipinski definition) is 1. The number of hydrogen-bond acceptors (Lipinski definition) is 6. The molecule has 0 unspecified atom stereocenters. The standard InChI is InChI=1S/C22H27NO6S/c1-22(2)15-17-5-4-6-19(20(17)29-22)28-12-11-23-21(24)16-7-9-18(10-8-16)30(25,26)14-13-27-3/h4-10H,11-15H2,1-3H3,(H,23,24). The number of sulfone groups is 1. The number of methoxy groups -OCH3 is 1. The summed E-state index contributed by atoms with van der Waals surface area (Å²) in [7, 11) is -1.97. The van der Waals surface area contributed by atoms with Gasteiger partial charge in [-0.3, -0.25) is 4.79 Å². The minimum absolute atomic E-state index is 0.101. The highest BCUT2D eigenvalue weighted by atomic mass is 32.2. The van der Waals surface area contributed by atoms with E-state index in [2.05, 4.69) is 5.32 Å². The van der Waals surface area contributed by atoms with E-state index in [1.54, 1.807) is 0 Å². The van der Waals surface area contributed by atoms with Crippen molar-refractivity contribution in [1.29, 1.82) is 0 Å². The maximum Gasteiger partial charge on any atom is 0.251 e. The van der Waals surface area contributed by atoms with Gasteiger partial charge >= 0.3 is 0 Å². The molecule has 162 valence electrons. The van der Waals surface area contributed by atoms with E-state index in [9.17, 15) is 13.2 Å². The predicted molar refractivity (Wildman–Crippen MR) is 113 cm³/mol. The molecule has 0 radical (unpaired) electrons. The van der Waals surface area contributed by atoms with Crippen LogP contribution in [-0.4, -0.2) is 52.5 Å². The lowest BCUT2D eigenvalue weighted by atomic mass is 10.0. The summed E-state index contributed by atoms with van der Waals surface area (Å²) < 4.78 is 40.8. The number of ether oxygens (including phenoxy) is 3. The van der Waals surface area contributed by atoms with Crippen molar-refractivity contribution in [3.63, 3.8) is 0 Å². The third kappa shape index (κ3) is 5.31. The van der Waals surface area contributed by atoms with Crippen LogP contribution in [0.4, 0.5) is 0 Å². The first kappa shape index (κ1) is 22.1. The van der Waals surface area contributed by atoms with Crippen molar-refractivity contribution in [2.45, 2.75) is 30.8 Å². The zero-order chi connectivity index (χ0) is 21.8. The third-order valence-electron chi connectivity index (χ3n) is 4.73. The molecule has 0 aromatic heterocycles. The van der Waals surface area contributed by atoms with Crippen LogP contribution in [0.2, 0.25) is 0 Å². The Morgan fingerprint density at radius 3 is 2.57 bits per heavy atom. The first-order valence-corrected chi connectivity index (χ1v) is 11.4. The summed E-state index contributed by atoms with van der Waals surface area (Å²) in [4.78, 5) is 12.5. The number of benzene rings is 2. The van der Waals surface area contributed by atoms with Crippen LogP contribution in [0, 0.1) is 0 Å². The van der Waals surface area contributed by atoms with Crippen LogP contribution in [0.25, 0.3) is 0 Å². The summed E-state index contributed by atoms with van der Waals surface area (Å²) in [5, 5.41) is 2.77. The van der Waals surface area contributed by atoms with E-state index in [0.717, 1.165) is 17.7 Å². The van der Waals surface area contributed by atoms with Gasteiger partial charge in [0.2, 0.25) is 0 Å². The monoisotopic (exact) mass is 433 g/mol. The van der Waals surface area contributed by atoms with Crippen molar-refractivity contribution in [3.8, 4) is 11.5 Å². The molecule has 0 aliphatic carbocycles. The van der Waals surface area contributed by atoms with Gasteiger partial charge < -0.3 is 19.5 Å². The molecule has 1 amide bonds. The molecule has 2 aromatic carbocycles. The summed E-state index contributed by atoms with van der Waals surface area (Å²) in [6.07, 6.45) is 0.827. The summed E-state index contributed by atoms with van der Waals surface area (Å²) >= 11 is 0. The molecular formula is C22H27NO6S. The van der Waals surface area contributed by atoms with Gasteiger partial charge in [-0.2, -0.15) is 0 Å². The zero-order valence-electron chi connectivity index (χ0n) is 17.4. The molecule has 1 N–H and O–H groups in total. The van der Waals surface area contributed by atoms with Crippen molar-refractivity contribution in [2.75, 3.05) is 32.6 Å². The Bertz CT molecular complexity index is 999. The maximum atomic E-state index is 12.3. The normalized spacial score (nSPS) is 14.6. The number of amides is 1. The molecule has 0 saturated heterocycles. The van der Waals surface area contributed by atoms with Gasteiger partial charge in [0.05, 0.1) is 23.8 Å². The molecule has 0 bridgehead atoms. The smallest absolute Gasteiger partial charge is 0.251 e. The van der Waals surface area contributed by atoms with Gasteiger partial charge in [0, 0.05) is 24.7 Å². The largest absolute Gasteiger partial charge is 0.488 e. The quantitative estimate of drug-likeness (QED) is 0.612. The van der Waals surface area contributed by atoms with Crippen LogP contribution in [0.15, 0.2) is 47.4 Å². The van der Waals surface area contributed by atoms with Gasteiger partial charge in [-0.15, -0.1) is 0 Å². The first-order chi connectivity index (χ1) is 14.2. The molecule has 7 nitrogen and oxygen atoms in total. The summed E-state index contributed by atoms with van der Waals surface area (Å²) in [5.41, 5.74) is 1.24. The molecule has 2 aromatic rings. The van der Waals surface area contributed by atoms with E-state index in [4.69, 9.17) is 14.2 Å². The molecule has 0 spiro atoms. The molecule has 8 heteroatoms. The highest BCUT2D eigenvalue weighted by Crippen LogP contribution is 2.41. The Kier molecular flexibility index (Phi) is 6.67. The fraction of sp³-hybridized carbons (Fsp3) is 0.409. The van der Waals surface area contributed by atoms with Gasteiger partial charge in [-0.1, -0.05) is 12.1 Å². The number of fused-ring (bicyclic) bond motifs is 1. The topological polar surface area (TPSA) is 90.9 Å². The molecule has 1 aliphatic heterocycles. The van der Waals surface area contributed by atoms with Crippen LogP contribution in [-0.2, 0) is 21.0 Å². The predicted octanol–water partition coefficient (Wildman–Crippen LogP) is 2.63. The van der Waals surface area contributed by atoms with Crippen LogP contribution in [0.5, 0.6) is 11.5 Å². The number of carbonyl (C=O) groups excluding carboxylic acids is 1. The SMILES string of the molecule is COCCS(=O)(=O)c1ccc(C(=O)NCCOc2cccc3c2OC(C)(C)C3)cc1. The number of nitrogens with one attached hydrogen (secondary N) is 1. The second-order valence-electron chi connectivity index (χ2n) is 7.72. The Morgan fingerprint density at radius 1 is 1.13 bits per heavy atom. The molecule has 30 heavy (non-hydrogen) atoms. The Hall–Kier alpha value is -2.58. The zero-order valence-corrected chi connectivity index (χ0v) is 18.3. The second kappa shape index (κ2) is 9.06. The minimum Gasteiger partial charge on any atom is -0.488 e. The lowest BCUT2D eigenvalue weighted by Gasteiger charge is -2.18. The third-order valence-corrected chi connectivity index (χ3v) is 6.43. The second-order valence-corrected chi connectivity index (χ2v) is 9.83. The van der Waals surface area contributed by atoms with Gasteiger partial charge in [-0.25, -0.2) is 8.42 Å². The van der Waals surface area contributed by atoms with Crippen molar-refractivity contribution in [1.82, 2.24) is 5.32 Å².